The van der Waals surface area contributed by atoms with Crippen molar-refractivity contribution in [1.29, 1.82) is 0 Å². The van der Waals surface area contributed by atoms with Crippen LogP contribution in [0.3, 0.4) is 0 Å². The van der Waals surface area contributed by atoms with Gasteiger partial charge in [-0.15, -0.1) is 0 Å². The average molecular weight is 529 g/mol. The molecule has 0 aliphatic rings. The third-order valence-electron chi connectivity index (χ3n) is 4.61. The highest BCUT2D eigenvalue weighted by Gasteiger charge is 2.32. The van der Waals surface area contributed by atoms with Crippen LogP contribution in [0.15, 0.2) is 70.5 Å². The topological polar surface area (TPSA) is 146 Å². The average Bonchev–Trinajstić information content (AvgIpc) is 3.14. The maximum atomic E-state index is 13.3. The number of hydrogen-bond donors (Lipinski definition) is 3. The highest BCUT2D eigenvalue weighted by atomic mass is 35.5. The van der Waals surface area contributed by atoms with Crippen LogP contribution >= 0.6 is 30.8 Å². The molecular weight excluding hydrogens is 514 g/mol. The second-order valence-corrected chi connectivity index (χ2v) is 11.3. The van der Waals surface area contributed by atoms with Crippen LogP contribution in [-0.4, -0.2) is 39.3 Å². The number of hydrogen-bond acceptors (Lipinski definition) is 5. The smallest absolute Gasteiger partial charge is 0.323 e. The van der Waals surface area contributed by atoms with Gasteiger partial charge in [-0.3, -0.25) is 18.2 Å². The van der Waals surface area contributed by atoms with Crippen molar-refractivity contribution < 1.29 is 22.8 Å². The van der Waals surface area contributed by atoms with Crippen molar-refractivity contribution in [3.8, 4) is 5.82 Å². The lowest BCUT2D eigenvalue weighted by Crippen LogP contribution is -2.32. The first-order chi connectivity index (χ1) is 15.4. The molecule has 0 bridgehead atoms. The second kappa shape index (κ2) is 8.60. The molecule has 2 aromatic carbocycles. The highest BCUT2D eigenvalue weighted by molar-refractivity contribution is 7.93. The van der Waals surface area contributed by atoms with Gasteiger partial charge in [0.1, 0.15) is 6.29 Å². The van der Waals surface area contributed by atoms with E-state index in [1.165, 1.54) is 30.3 Å². The number of anilines is 1. The summed E-state index contributed by atoms with van der Waals surface area (Å²) in [5.74, 6) is 0.422. The molecule has 4 aromatic rings. The Kier molecular flexibility index (Phi) is 6.12. The van der Waals surface area contributed by atoms with E-state index in [0.717, 1.165) is 12.1 Å². The number of aromatic amines is 1. The van der Waals surface area contributed by atoms with Crippen LogP contribution < -0.4 is 9.86 Å². The molecule has 33 heavy (non-hydrogen) atoms. The SMILES string of the molecule is O=c1ccc(-n2ccc3cc(N(CP(=O)(O)O)S(=O)(=O)c4cc(Cl)cc(Cl)c4)ccc32)n[nH]1. The van der Waals surface area contributed by atoms with Gasteiger partial charge in [-0.1, -0.05) is 23.2 Å². The second-order valence-electron chi connectivity index (χ2n) is 6.97. The van der Waals surface area contributed by atoms with E-state index in [-0.39, 0.29) is 26.2 Å². The van der Waals surface area contributed by atoms with E-state index in [1.807, 2.05) is 0 Å². The minimum atomic E-state index is -4.80. The molecule has 4 rings (SSSR count). The van der Waals surface area contributed by atoms with Crippen molar-refractivity contribution in [2.24, 2.45) is 0 Å². The quantitative estimate of drug-likeness (QED) is 0.325. The molecule has 0 unspecified atom stereocenters. The van der Waals surface area contributed by atoms with E-state index >= 15 is 0 Å². The molecule has 14 heteroatoms. The number of halogens is 2. The lowest BCUT2D eigenvalue weighted by atomic mass is 10.2. The molecule has 0 amide bonds. The number of nitrogens with one attached hydrogen (secondary N) is 1. The Morgan fingerprint density at radius 1 is 1.03 bits per heavy atom. The van der Waals surface area contributed by atoms with Crippen molar-refractivity contribution in [2.45, 2.75) is 4.90 Å². The van der Waals surface area contributed by atoms with Gasteiger partial charge in [0.15, 0.2) is 5.82 Å². The third-order valence-corrected chi connectivity index (χ3v) is 7.64. The van der Waals surface area contributed by atoms with Gasteiger partial charge in [-0.05, 0) is 48.5 Å². The zero-order chi connectivity index (χ0) is 24.0. The molecule has 0 saturated heterocycles. The predicted molar refractivity (Wildman–Crippen MR) is 125 cm³/mol. The Labute approximate surface area is 197 Å². The number of sulfonamides is 1. The lowest BCUT2D eigenvalue weighted by Gasteiger charge is -2.25. The van der Waals surface area contributed by atoms with E-state index in [4.69, 9.17) is 23.2 Å². The summed E-state index contributed by atoms with van der Waals surface area (Å²) < 4.78 is 40.7. The Hall–Kier alpha value is -2.66. The van der Waals surface area contributed by atoms with Crippen LogP contribution in [0.4, 0.5) is 5.69 Å². The first-order valence-corrected chi connectivity index (χ1v) is 13.1. The molecule has 2 heterocycles. The number of rotatable bonds is 6. The molecule has 0 aliphatic carbocycles. The summed E-state index contributed by atoms with van der Waals surface area (Å²) in [6, 6.07) is 12.6. The fraction of sp³-hybridized carbons (Fsp3) is 0.0526. The third kappa shape index (κ3) is 4.98. The van der Waals surface area contributed by atoms with Crippen molar-refractivity contribution in [2.75, 3.05) is 10.6 Å². The maximum absolute atomic E-state index is 13.3. The first kappa shape index (κ1) is 23.5. The highest BCUT2D eigenvalue weighted by Crippen LogP contribution is 2.40. The number of H-pyrrole nitrogens is 1. The largest absolute Gasteiger partial charge is 0.345 e. The monoisotopic (exact) mass is 528 g/mol. The summed E-state index contributed by atoms with van der Waals surface area (Å²) in [7, 11) is -9.24. The minimum absolute atomic E-state index is 0.0223. The lowest BCUT2D eigenvalue weighted by molar-refractivity contribution is 0.373. The van der Waals surface area contributed by atoms with Crippen LogP contribution in [0, 0.1) is 0 Å². The van der Waals surface area contributed by atoms with Gasteiger partial charge in [0, 0.05) is 27.7 Å². The summed E-state index contributed by atoms with van der Waals surface area (Å²) in [4.78, 5) is 30.1. The van der Waals surface area contributed by atoms with Crippen LogP contribution in [0.25, 0.3) is 16.7 Å². The standard InChI is InChI=1S/C19H15Cl2N4O6PS/c20-13-8-14(21)10-16(9-13)33(30,31)25(11-32(27,28)29)15-1-2-17-12(7-15)5-6-24(17)18-3-4-19(26)23-22-18/h1-10H,11H2,(H,23,26)(H2,27,28,29). The van der Waals surface area contributed by atoms with Gasteiger partial charge in [-0.25, -0.2) is 13.5 Å². The molecule has 0 saturated carbocycles. The van der Waals surface area contributed by atoms with E-state index in [1.54, 1.807) is 22.9 Å². The number of fused-ring (bicyclic) bond motifs is 1. The van der Waals surface area contributed by atoms with Crippen LogP contribution in [0.2, 0.25) is 10.0 Å². The normalized spacial score (nSPS) is 12.2. The molecule has 0 fully saturated rings. The van der Waals surface area contributed by atoms with Crippen LogP contribution in [0.1, 0.15) is 0 Å². The van der Waals surface area contributed by atoms with Crippen molar-refractivity contribution in [3.05, 3.63) is 81.2 Å². The molecule has 10 nitrogen and oxygen atoms in total. The molecular formula is C19H15Cl2N4O6PS. The number of benzene rings is 2. The number of nitrogens with zero attached hydrogens (tertiary/aromatic N) is 3. The summed E-state index contributed by atoms with van der Waals surface area (Å²) in [6.07, 6.45) is 0.570. The van der Waals surface area contributed by atoms with E-state index in [2.05, 4.69) is 10.2 Å². The summed E-state index contributed by atoms with van der Waals surface area (Å²) in [5, 5.41) is 6.97. The Bertz CT molecular complexity index is 1540. The molecule has 172 valence electrons. The van der Waals surface area contributed by atoms with Crippen LogP contribution in [0.5, 0.6) is 0 Å². The molecule has 0 spiro atoms. The van der Waals surface area contributed by atoms with Gasteiger partial charge in [-0.2, -0.15) is 5.10 Å². The molecule has 3 N–H and O–H groups in total. The van der Waals surface area contributed by atoms with E-state index in [9.17, 15) is 27.6 Å². The van der Waals surface area contributed by atoms with Gasteiger partial charge in [0.25, 0.3) is 15.6 Å². The Balaban J connectivity index is 1.84. The Morgan fingerprint density at radius 2 is 1.73 bits per heavy atom. The summed E-state index contributed by atoms with van der Waals surface area (Å²) >= 11 is 11.9. The van der Waals surface area contributed by atoms with Crippen LogP contribution in [-0.2, 0) is 14.6 Å². The molecule has 0 radical (unpaired) electrons. The zero-order valence-corrected chi connectivity index (χ0v) is 19.7. The predicted octanol–water partition coefficient (Wildman–Crippen LogP) is 3.35. The van der Waals surface area contributed by atoms with Gasteiger partial charge in [0.05, 0.1) is 16.1 Å². The van der Waals surface area contributed by atoms with E-state index in [0.29, 0.717) is 21.0 Å². The number of aromatic nitrogens is 3. The summed E-state index contributed by atoms with van der Waals surface area (Å²) in [5.41, 5.74) is 0.281. The zero-order valence-electron chi connectivity index (χ0n) is 16.5. The molecule has 0 aliphatic heterocycles. The molecule has 2 aromatic heterocycles. The van der Waals surface area contributed by atoms with Crippen molar-refractivity contribution in [3.63, 3.8) is 0 Å². The fourth-order valence-corrected chi connectivity index (χ4v) is 6.63. The van der Waals surface area contributed by atoms with E-state index < -0.39 is 23.9 Å². The fourth-order valence-electron chi connectivity index (χ4n) is 3.22. The van der Waals surface area contributed by atoms with Gasteiger partial charge in [0.2, 0.25) is 0 Å². The summed E-state index contributed by atoms with van der Waals surface area (Å²) in [6.45, 7) is 0. The van der Waals surface area contributed by atoms with Crippen molar-refractivity contribution >= 4 is 57.4 Å². The van der Waals surface area contributed by atoms with Gasteiger partial charge >= 0.3 is 7.60 Å². The van der Waals surface area contributed by atoms with Gasteiger partial charge < -0.3 is 9.79 Å². The Morgan fingerprint density at radius 3 is 2.33 bits per heavy atom. The van der Waals surface area contributed by atoms with Crippen molar-refractivity contribution in [1.82, 2.24) is 14.8 Å². The first-order valence-electron chi connectivity index (χ1n) is 9.15. The minimum Gasteiger partial charge on any atom is -0.323 e. The molecule has 0 atom stereocenters. The maximum Gasteiger partial charge on any atom is 0.345 e.